The van der Waals surface area contributed by atoms with E-state index < -0.39 is 0 Å². The van der Waals surface area contributed by atoms with Crippen molar-refractivity contribution in [1.29, 1.82) is 0 Å². The van der Waals surface area contributed by atoms with Gasteiger partial charge in [0.2, 0.25) is 5.91 Å². The van der Waals surface area contributed by atoms with Gasteiger partial charge in [-0.25, -0.2) is 0 Å². The molecular formula is C24H29ClN2O3. The molecule has 1 heterocycles. The molecule has 1 aliphatic rings. The minimum absolute atomic E-state index is 0.00302. The van der Waals surface area contributed by atoms with Crippen LogP contribution < -0.4 is 0 Å². The first kappa shape index (κ1) is 22.3. The van der Waals surface area contributed by atoms with Crippen molar-refractivity contribution < 1.29 is 14.3 Å². The normalized spacial score (nSPS) is 14.5. The van der Waals surface area contributed by atoms with Crippen molar-refractivity contribution in [3.05, 3.63) is 70.7 Å². The summed E-state index contributed by atoms with van der Waals surface area (Å²) in [5, 5.41) is 0.644. The lowest BCUT2D eigenvalue weighted by molar-refractivity contribution is -0.139. The molecule has 3 rings (SSSR count). The molecule has 160 valence electrons. The van der Waals surface area contributed by atoms with Gasteiger partial charge >= 0.3 is 0 Å². The third-order valence-corrected chi connectivity index (χ3v) is 5.81. The fourth-order valence-corrected chi connectivity index (χ4v) is 4.03. The quantitative estimate of drug-likeness (QED) is 0.626. The second kappa shape index (κ2) is 11.1. The molecule has 1 aliphatic heterocycles. The monoisotopic (exact) mass is 428 g/mol. The number of carbonyl (C=O) groups is 2. The summed E-state index contributed by atoms with van der Waals surface area (Å²) in [6, 6.07) is 17.0. The number of nitrogens with zero attached hydrogens (tertiary/aromatic N) is 2. The van der Waals surface area contributed by atoms with Crippen LogP contribution in [0.5, 0.6) is 0 Å². The van der Waals surface area contributed by atoms with Crippen molar-refractivity contribution in [3.8, 4) is 0 Å². The summed E-state index contributed by atoms with van der Waals surface area (Å²) in [6.07, 6.45) is 2.46. The maximum absolute atomic E-state index is 12.8. The van der Waals surface area contributed by atoms with Crippen LogP contribution in [-0.2, 0) is 16.1 Å². The molecule has 0 bridgehead atoms. The highest BCUT2D eigenvalue weighted by Gasteiger charge is 2.29. The number of amides is 2. The predicted molar refractivity (Wildman–Crippen MR) is 118 cm³/mol. The molecule has 0 aromatic heterocycles. The summed E-state index contributed by atoms with van der Waals surface area (Å²) in [5.74, 6) is 0.0576. The Balaban J connectivity index is 1.51. The highest BCUT2D eigenvalue weighted by Crippen LogP contribution is 2.20. The van der Waals surface area contributed by atoms with Crippen LogP contribution in [0.25, 0.3) is 0 Å². The minimum atomic E-state index is -0.00302. The molecule has 2 aromatic carbocycles. The average molecular weight is 429 g/mol. The minimum Gasteiger partial charge on any atom is -0.367 e. The van der Waals surface area contributed by atoms with E-state index in [1.807, 2.05) is 64.4 Å². The Morgan fingerprint density at radius 1 is 1.07 bits per heavy atom. The molecule has 5 nitrogen and oxygen atoms in total. The first-order chi connectivity index (χ1) is 14.6. The van der Waals surface area contributed by atoms with Crippen LogP contribution in [0.4, 0.5) is 0 Å². The Bertz CT molecular complexity index is 835. The molecule has 0 spiro atoms. The van der Waals surface area contributed by atoms with Crippen LogP contribution in [0.1, 0.15) is 42.1 Å². The van der Waals surface area contributed by atoms with Gasteiger partial charge in [0.25, 0.3) is 5.91 Å². The Kier molecular flexibility index (Phi) is 8.29. The van der Waals surface area contributed by atoms with Crippen molar-refractivity contribution in [2.45, 2.75) is 38.8 Å². The molecule has 0 atom stereocenters. The third-order valence-electron chi connectivity index (χ3n) is 5.44. The first-order valence-electron chi connectivity index (χ1n) is 10.5. The van der Waals surface area contributed by atoms with Crippen molar-refractivity contribution in [3.63, 3.8) is 0 Å². The first-order valence-corrected chi connectivity index (χ1v) is 10.9. The van der Waals surface area contributed by atoms with Gasteiger partial charge in [-0.3, -0.25) is 9.59 Å². The number of halogens is 1. The molecule has 2 aromatic rings. The predicted octanol–water partition coefficient (Wildman–Crippen LogP) is 4.40. The summed E-state index contributed by atoms with van der Waals surface area (Å²) in [5.41, 5.74) is 1.59. The lowest BCUT2D eigenvalue weighted by Gasteiger charge is -2.38. The molecule has 0 unspecified atom stereocenters. The van der Waals surface area contributed by atoms with Crippen LogP contribution in [0.15, 0.2) is 54.6 Å². The molecule has 0 aliphatic carbocycles. The molecule has 0 saturated carbocycles. The third kappa shape index (κ3) is 5.83. The second-order valence-electron chi connectivity index (χ2n) is 7.56. The van der Waals surface area contributed by atoms with Crippen LogP contribution in [0.2, 0.25) is 5.02 Å². The summed E-state index contributed by atoms with van der Waals surface area (Å²) in [6.45, 7) is 4.44. The number of likely N-dealkylation sites (tertiary alicyclic amines) is 1. The Hall–Kier alpha value is -2.37. The van der Waals surface area contributed by atoms with Gasteiger partial charge in [-0.05, 0) is 43.0 Å². The Morgan fingerprint density at radius 3 is 2.40 bits per heavy atom. The number of carbonyl (C=O) groups excluding carboxylic acids is 2. The molecule has 1 fully saturated rings. The van der Waals surface area contributed by atoms with Gasteiger partial charge in [-0.1, -0.05) is 54.9 Å². The lowest BCUT2D eigenvalue weighted by Crippen LogP contribution is -2.50. The zero-order valence-electron chi connectivity index (χ0n) is 17.4. The summed E-state index contributed by atoms with van der Waals surface area (Å²) < 4.78 is 5.66. The lowest BCUT2D eigenvalue weighted by atomic mass is 10.0. The van der Waals surface area contributed by atoms with Gasteiger partial charge in [0.05, 0.1) is 6.61 Å². The summed E-state index contributed by atoms with van der Waals surface area (Å²) >= 11 is 6.15. The Morgan fingerprint density at radius 2 is 1.73 bits per heavy atom. The van der Waals surface area contributed by atoms with Crippen molar-refractivity contribution in [1.82, 2.24) is 9.80 Å². The van der Waals surface area contributed by atoms with Gasteiger partial charge < -0.3 is 14.5 Å². The highest BCUT2D eigenvalue weighted by molar-refractivity contribution is 6.31. The van der Waals surface area contributed by atoms with Gasteiger partial charge in [0.15, 0.2) is 0 Å². The fourth-order valence-electron chi connectivity index (χ4n) is 3.84. The van der Waals surface area contributed by atoms with E-state index in [0.29, 0.717) is 36.8 Å². The number of hydrogen-bond donors (Lipinski definition) is 0. The number of hydrogen-bond acceptors (Lipinski definition) is 3. The highest BCUT2D eigenvalue weighted by atomic mass is 35.5. The molecule has 6 heteroatoms. The average Bonchev–Trinajstić information content (AvgIpc) is 2.79. The van der Waals surface area contributed by atoms with Gasteiger partial charge in [0.1, 0.15) is 6.61 Å². The molecule has 1 saturated heterocycles. The number of ether oxygens (including phenoxy) is 1. The second-order valence-corrected chi connectivity index (χ2v) is 7.97. The van der Waals surface area contributed by atoms with Gasteiger partial charge in [-0.2, -0.15) is 0 Å². The maximum atomic E-state index is 12.8. The molecule has 30 heavy (non-hydrogen) atoms. The standard InChI is InChI=1S/C24H29ClN2O3/c1-2-14-27(23(28)18-30-17-20-10-6-7-11-22(20)25)21-12-15-26(16-13-21)24(29)19-8-4-3-5-9-19/h3-11,21H,2,12-18H2,1H3. The zero-order valence-corrected chi connectivity index (χ0v) is 18.2. The van der Waals surface area contributed by atoms with Crippen molar-refractivity contribution >= 4 is 23.4 Å². The molecule has 0 radical (unpaired) electrons. The van der Waals surface area contributed by atoms with E-state index in [9.17, 15) is 9.59 Å². The van der Waals surface area contributed by atoms with E-state index in [1.165, 1.54) is 0 Å². The van der Waals surface area contributed by atoms with Crippen molar-refractivity contribution in [2.75, 3.05) is 26.2 Å². The van der Waals surface area contributed by atoms with Crippen LogP contribution in [0.3, 0.4) is 0 Å². The largest absolute Gasteiger partial charge is 0.367 e. The molecule has 0 N–H and O–H groups in total. The van der Waals surface area contributed by atoms with Crippen LogP contribution in [0, 0.1) is 0 Å². The Labute approximate surface area is 183 Å². The summed E-state index contributed by atoms with van der Waals surface area (Å²) in [7, 11) is 0. The maximum Gasteiger partial charge on any atom is 0.253 e. The summed E-state index contributed by atoms with van der Waals surface area (Å²) in [4.78, 5) is 29.3. The van der Waals surface area contributed by atoms with Crippen molar-refractivity contribution in [2.24, 2.45) is 0 Å². The van der Waals surface area contributed by atoms with Gasteiger partial charge in [0, 0.05) is 36.3 Å². The number of piperidine rings is 1. The molecular weight excluding hydrogens is 400 g/mol. The van der Waals surface area contributed by atoms with E-state index in [4.69, 9.17) is 16.3 Å². The SMILES string of the molecule is CCCN(C(=O)COCc1ccccc1Cl)C1CCN(C(=O)c2ccccc2)CC1. The molecule has 2 amide bonds. The van der Waals surface area contributed by atoms with E-state index in [1.54, 1.807) is 0 Å². The van der Waals surface area contributed by atoms with Crippen LogP contribution in [-0.4, -0.2) is 53.9 Å². The van der Waals surface area contributed by atoms with E-state index in [-0.39, 0.29) is 24.5 Å². The topological polar surface area (TPSA) is 49.9 Å². The fraction of sp³-hybridized carbons (Fsp3) is 0.417. The zero-order chi connectivity index (χ0) is 21.3. The smallest absolute Gasteiger partial charge is 0.253 e. The number of benzene rings is 2. The van der Waals surface area contributed by atoms with Gasteiger partial charge in [-0.15, -0.1) is 0 Å². The van der Waals surface area contributed by atoms with E-state index in [2.05, 4.69) is 6.92 Å². The van der Waals surface area contributed by atoms with E-state index >= 15 is 0 Å². The number of rotatable bonds is 8. The van der Waals surface area contributed by atoms with E-state index in [0.717, 1.165) is 24.8 Å². The van der Waals surface area contributed by atoms with Crippen LogP contribution >= 0.6 is 11.6 Å².